The Kier molecular flexibility index (Phi) is 32.8. The third-order valence-electron chi connectivity index (χ3n) is 19.5. The van der Waals surface area contributed by atoms with Gasteiger partial charge in [0.2, 0.25) is 59.1 Å². The highest BCUT2D eigenvalue weighted by molar-refractivity contribution is 6.01. The van der Waals surface area contributed by atoms with Gasteiger partial charge in [-0.25, -0.2) is 0 Å². The number of carbonyl (C=O) groups excluding carboxylic acids is 12. The lowest BCUT2D eigenvalue weighted by atomic mass is 9.87. The molecule has 9 N–H and O–H groups in total. The number of ether oxygens (including phenoxy) is 2. The van der Waals surface area contributed by atoms with Gasteiger partial charge < -0.3 is 76.4 Å². The zero-order valence-electron chi connectivity index (χ0n) is 65.2. The fourth-order valence-electron chi connectivity index (χ4n) is 13.2. The van der Waals surface area contributed by atoms with Crippen LogP contribution in [0, 0.1) is 53.3 Å². The maximum absolute atomic E-state index is 15.5. The quantitative estimate of drug-likeness (QED) is 0.0712. The van der Waals surface area contributed by atoms with E-state index < -0.39 is 197 Å². The van der Waals surface area contributed by atoms with Crippen LogP contribution < -0.4 is 42.0 Å². The second-order valence-electron chi connectivity index (χ2n) is 30.6. The first-order valence-corrected chi connectivity index (χ1v) is 36.2. The molecule has 27 nitrogen and oxygen atoms in total. The van der Waals surface area contributed by atoms with Gasteiger partial charge in [0.15, 0.2) is 5.78 Å². The minimum Gasteiger partial charge on any atom is -0.496 e. The van der Waals surface area contributed by atoms with E-state index in [1.54, 1.807) is 139 Å². The van der Waals surface area contributed by atoms with Crippen molar-refractivity contribution in [3.05, 3.63) is 65.9 Å². The normalized spacial score (nSPS) is 24.8. The zero-order valence-corrected chi connectivity index (χ0v) is 65.2. The highest BCUT2D eigenvalue weighted by Crippen LogP contribution is 2.31. The van der Waals surface area contributed by atoms with Gasteiger partial charge in [0, 0.05) is 58.1 Å². The van der Waals surface area contributed by atoms with E-state index in [0.717, 1.165) is 4.90 Å². The van der Waals surface area contributed by atoms with Crippen LogP contribution in [0.3, 0.4) is 0 Å². The summed E-state index contributed by atoms with van der Waals surface area (Å²) in [6.45, 7) is 30.0. The summed E-state index contributed by atoms with van der Waals surface area (Å²) in [7, 11) is 8.51. The number of aromatic amines is 1. The number of esters is 1. The minimum absolute atomic E-state index is 0.0612. The number of likely N-dealkylation sites (N-methyl/N-ethyl adjacent to an activating group) is 5. The number of aliphatic hydroxyl groups is 1. The standard InChI is InChI=1S/C76H120N12O15/c1-38(2)33-53-66(91)82-62(44(13)14)73(98)87(22)64(45(15)16)75(100)86(21)54(35-49-37-78-51-31-28-32-56(102-24)57(49)51)67(92)80-59(41(7)8)69(94)79-52(34-48-29-26-25-27-30-48)55(90)36-50(39(3)4)76(101)103-47(18)63(84-70(95)60(42(9)10)81-68(93)58(77-19)40(5)6)74(99)88(23)65(46(17)89)71(96)83-61(43(11)12)72(97)85(53)20/h25-32,37-47,50,52-54,58-65,77-78,89H,33-36H2,1-24H3,(H,79,94)(H,80,92)(H,81,93)(H,82,91)(H,83,96)(H,84,95). The van der Waals surface area contributed by atoms with Crippen molar-refractivity contribution in [1.82, 2.24) is 61.8 Å². The van der Waals surface area contributed by atoms with Crippen molar-refractivity contribution in [1.29, 1.82) is 0 Å². The predicted octanol–water partition coefficient (Wildman–Crippen LogP) is 4.31. The number of Topliss-reactive ketones (excluding diaryl/α,β-unsaturated/α-hetero) is 1. The highest BCUT2D eigenvalue weighted by atomic mass is 16.5. The third-order valence-corrected chi connectivity index (χ3v) is 19.5. The summed E-state index contributed by atoms with van der Waals surface area (Å²) in [5.41, 5.74) is 1.85. The minimum atomic E-state index is -1.87. The van der Waals surface area contributed by atoms with E-state index in [4.69, 9.17) is 9.47 Å². The van der Waals surface area contributed by atoms with Crippen molar-refractivity contribution in [2.45, 2.75) is 229 Å². The molecule has 10 amide bonds. The maximum Gasteiger partial charge on any atom is 0.309 e. The number of hydrogen-bond acceptors (Lipinski definition) is 16. The van der Waals surface area contributed by atoms with Crippen LogP contribution in [0.25, 0.3) is 10.9 Å². The number of hydrogen-bond donors (Lipinski definition) is 9. The molecule has 0 saturated carbocycles. The lowest BCUT2D eigenvalue weighted by Gasteiger charge is -2.39. The van der Waals surface area contributed by atoms with Crippen LogP contribution in [0.2, 0.25) is 0 Å². The Morgan fingerprint density at radius 3 is 1.60 bits per heavy atom. The molecular formula is C76H120N12O15. The van der Waals surface area contributed by atoms with Crippen molar-refractivity contribution in [2.24, 2.45) is 53.3 Å². The zero-order chi connectivity index (χ0) is 78.1. The van der Waals surface area contributed by atoms with Gasteiger partial charge >= 0.3 is 5.97 Å². The summed E-state index contributed by atoms with van der Waals surface area (Å²) < 4.78 is 11.9. The van der Waals surface area contributed by atoms with Gasteiger partial charge in [-0.15, -0.1) is 0 Å². The third kappa shape index (κ3) is 22.5. The Morgan fingerprint density at radius 2 is 1.10 bits per heavy atom. The summed E-state index contributed by atoms with van der Waals surface area (Å²) in [5.74, 6) is -14.6. The maximum atomic E-state index is 15.5. The van der Waals surface area contributed by atoms with Gasteiger partial charge in [-0.05, 0) is 104 Å². The van der Waals surface area contributed by atoms with E-state index >= 15 is 38.4 Å². The molecule has 0 bridgehead atoms. The second-order valence-corrected chi connectivity index (χ2v) is 30.6. The van der Waals surface area contributed by atoms with Gasteiger partial charge in [0.05, 0.1) is 31.2 Å². The average molecular weight is 1440 g/mol. The molecule has 14 unspecified atom stereocenters. The smallest absolute Gasteiger partial charge is 0.309 e. The van der Waals surface area contributed by atoms with Crippen LogP contribution >= 0.6 is 0 Å². The Hall–Kier alpha value is -8.46. The van der Waals surface area contributed by atoms with Crippen LogP contribution in [0.4, 0.5) is 0 Å². The number of fused-ring (bicyclic) bond motifs is 1. The molecule has 574 valence electrons. The first-order chi connectivity index (χ1) is 48.0. The van der Waals surface area contributed by atoms with Gasteiger partial charge in [0.1, 0.15) is 66.2 Å². The first kappa shape index (κ1) is 86.9. The molecule has 1 aromatic heterocycles. The molecule has 1 aliphatic rings. The number of carbonyl (C=O) groups is 12. The molecule has 0 aliphatic carbocycles. The summed E-state index contributed by atoms with van der Waals surface area (Å²) in [6, 6.07) is -0.963. The molecule has 1 fully saturated rings. The van der Waals surface area contributed by atoms with Crippen molar-refractivity contribution in [3.8, 4) is 5.75 Å². The lowest BCUT2D eigenvalue weighted by Crippen LogP contribution is -2.64. The highest BCUT2D eigenvalue weighted by Gasteiger charge is 2.46. The lowest BCUT2D eigenvalue weighted by molar-refractivity contribution is -0.162. The largest absolute Gasteiger partial charge is 0.496 e. The fraction of sp³-hybridized carbons (Fsp3) is 0.658. The Bertz CT molecular complexity index is 3420. The van der Waals surface area contributed by atoms with Gasteiger partial charge in [0.25, 0.3) is 0 Å². The molecule has 0 radical (unpaired) electrons. The molecule has 27 heteroatoms. The van der Waals surface area contributed by atoms with Crippen molar-refractivity contribution in [3.63, 3.8) is 0 Å². The SMILES string of the molecule is CNC(C(=O)NC(C(=O)NC1C(=O)N(C)C(C(C)O)C(=O)NC(C(C)C)C(=O)N(C)C(CC(C)C)C(=O)NC(C(C)C)C(=O)N(C)C(C(C)C)C(=O)N(C)C(Cc2c[nH]c3cccc(OC)c23)C(=O)NC(C(C)C)C(=O)NC(Cc2ccccc2)C(=O)CC(C(C)C)C(=O)OC1C)C(C)C)C(C)C. The molecule has 1 aliphatic heterocycles. The molecule has 4 rings (SSSR count). The number of cyclic esters (lactones) is 1. The number of amides is 10. The summed E-state index contributed by atoms with van der Waals surface area (Å²) >= 11 is 0. The van der Waals surface area contributed by atoms with Gasteiger partial charge in [-0.2, -0.15) is 0 Å². The summed E-state index contributed by atoms with van der Waals surface area (Å²) in [6.07, 6.45) is -2.32. The number of H-pyrrole nitrogens is 1. The van der Waals surface area contributed by atoms with Crippen LogP contribution in [0.15, 0.2) is 54.7 Å². The summed E-state index contributed by atoms with van der Waals surface area (Å²) in [4.78, 5) is 188. The first-order valence-electron chi connectivity index (χ1n) is 36.2. The van der Waals surface area contributed by atoms with Crippen LogP contribution in [-0.4, -0.2) is 222 Å². The monoisotopic (exact) mass is 1440 g/mol. The number of benzene rings is 2. The Balaban J connectivity index is 2.04. The predicted molar refractivity (Wildman–Crippen MR) is 393 cm³/mol. The molecule has 103 heavy (non-hydrogen) atoms. The van der Waals surface area contributed by atoms with Gasteiger partial charge in [-0.3, -0.25) is 57.5 Å². The summed E-state index contributed by atoms with van der Waals surface area (Å²) in [5, 5.41) is 32.0. The second kappa shape index (κ2) is 38.9. The Morgan fingerprint density at radius 1 is 0.573 bits per heavy atom. The molecule has 2 heterocycles. The number of methoxy groups -OCH3 is 1. The van der Waals surface area contributed by atoms with Crippen molar-refractivity contribution in [2.75, 3.05) is 42.3 Å². The molecule has 3 aromatic rings. The van der Waals surface area contributed by atoms with Crippen molar-refractivity contribution >= 4 is 81.7 Å². The number of aliphatic hydroxyl groups excluding tert-OH is 1. The topological polar surface area (TPSA) is 356 Å². The number of nitrogens with one attached hydrogen (secondary N) is 8. The molecule has 14 atom stereocenters. The molecule has 1 saturated heterocycles. The van der Waals surface area contributed by atoms with Crippen LogP contribution in [-0.2, 0) is 75.1 Å². The van der Waals surface area contributed by atoms with Gasteiger partial charge in [-0.1, -0.05) is 147 Å². The number of rotatable bonds is 20. The van der Waals surface area contributed by atoms with E-state index in [-0.39, 0.29) is 31.1 Å². The molecule has 2 aromatic carbocycles. The number of aromatic nitrogens is 1. The number of nitrogens with zero attached hydrogens (tertiary/aromatic N) is 4. The Labute approximate surface area is 609 Å². The fourth-order valence-corrected chi connectivity index (χ4v) is 13.2. The average Bonchev–Trinajstić information content (AvgIpc) is 1.77. The number of ketones is 1. The van der Waals surface area contributed by atoms with E-state index in [1.807, 2.05) is 33.8 Å². The molecule has 0 spiro atoms. The van der Waals surface area contributed by atoms with E-state index in [0.29, 0.717) is 27.8 Å². The van der Waals surface area contributed by atoms with E-state index in [1.165, 1.54) is 63.8 Å². The van der Waals surface area contributed by atoms with Crippen LogP contribution in [0.1, 0.15) is 149 Å². The van der Waals surface area contributed by atoms with Crippen LogP contribution in [0.5, 0.6) is 5.75 Å². The van der Waals surface area contributed by atoms with Crippen molar-refractivity contribution < 1.29 is 72.1 Å². The van der Waals surface area contributed by atoms with E-state index in [2.05, 4.69) is 42.2 Å². The molecular weight excluding hydrogens is 1320 g/mol. The van der Waals surface area contributed by atoms with E-state index in [9.17, 15) is 24.3 Å².